The number of nitrogens with one attached hydrogen (secondary N) is 1. The van der Waals surface area contributed by atoms with Crippen molar-refractivity contribution in [1.82, 2.24) is 0 Å². The number of anilines is 2. The fourth-order valence-corrected chi connectivity index (χ4v) is 3.90. The third-order valence-electron chi connectivity index (χ3n) is 4.94. The Morgan fingerprint density at radius 3 is 2.37 bits per heavy atom. The Labute approximate surface area is 152 Å². The molecule has 0 saturated carbocycles. The van der Waals surface area contributed by atoms with Gasteiger partial charge in [0.15, 0.2) is 0 Å². The molecule has 0 aliphatic carbocycles. The molecule has 1 aromatic rings. The lowest BCUT2D eigenvalue weighted by Gasteiger charge is -2.36. The van der Waals surface area contributed by atoms with Crippen molar-refractivity contribution in [1.29, 1.82) is 0 Å². The molecule has 1 N–H and O–H groups in total. The topological polar surface area (TPSA) is 32.3 Å². The second-order valence-corrected chi connectivity index (χ2v) is 6.80. The third-order valence-corrected chi connectivity index (χ3v) is 4.94. The Balaban J connectivity index is 2.20. The van der Waals surface area contributed by atoms with Crippen LogP contribution in [-0.2, 0) is 24.1 Å². The molecule has 2 aliphatic rings. The van der Waals surface area contributed by atoms with Crippen LogP contribution < -0.4 is 10.2 Å². The Morgan fingerprint density at radius 1 is 1.15 bits per heavy atom. The predicted octanol–water partition coefficient (Wildman–Crippen LogP) is 4.63. The lowest BCUT2D eigenvalue weighted by atomic mass is 9.86. The van der Waals surface area contributed by atoms with Crippen molar-refractivity contribution in [3.8, 4) is 0 Å². The molecule has 1 unspecified atom stereocenters. The lowest BCUT2D eigenvalue weighted by molar-refractivity contribution is -0.136. The van der Waals surface area contributed by atoms with Crippen LogP contribution >= 0.6 is 0 Å². The minimum atomic E-state index is -4.51. The number of carbonyl (C=O) groups is 1. The molecule has 0 aromatic heterocycles. The molecular formula is C18H18F6N2O. The highest BCUT2D eigenvalue weighted by molar-refractivity contribution is 6.04. The summed E-state index contributed by atoms with van der Waals surface area (Å²) in [5.41, 5.74) is 1.70. The third kappa shape index (κ3) is 3.77. The maximum Gasteiger partial charge on any atom is 0.393 e. The molecule has 27 heavy (non-hydrogen) atoms. The first-order chi connectivity index (χ1) is 12.4. The molecule has 1 amide bonds. The van der Waals surface area contributed by atoms with E-state index < -0.39 is 37.1 Å². The average Bonchev–Trinajstić information content (AvgIpc) is 2.90. The molecule has 0 bridgehead atoms. The quantitative estimate of drug-likeness (QED) is 0.761. The first-order valence-electron chi connectivity index (χ1n) is 8.46. The van der Waals surface area contributed by atoms with Crippen LogP contribution in [0.5, 0.6) is 0 Å². The van der Waals surface area contributed by atoms with Gasteiger partial charge in [0, 0.05) is 24.0 Å². The van der Waals surface area contributed by atoms with E-state index in [2.05, 4.69) is 5.32 Å². The highest BCUT2D eigenvalue weighted by Gasteiger charge is 2.39. The molecule has 0 radical (unpaired) electrons. The van der Waals surface area contributed by atoms with Crippen molar-refractivity contribution in [3.05, 3.63) is 28.3 Å². The summed E-state index contributed by atoms with van der Waals surface area (Å²) in [7, 11) is 1.45. The Morgan fingerprint density at radius 2 is 1.81 bits per heavy atom. The molecule has 148 valence electrons. The first kappa shape index (κ1) is 19.6. The zero-order valence-corrected chi connectivity index (χ0v) is 14.7. The van der Waals surface area contributed by atoms with Crippen molar-refractivity contribution < 1.29 is 31.1 Å². The van der Waals surface area contributed by atoms with Gasteiger partial charge in [-0.1, -0.05) is 19.1 Å². The zero-order valence-electron chi connectivity index (χ0n) is 14.7. The summed E-state index contributed by atoms with van der Waals surface area (Å²) < 4.78 is 78.1. The normalized spacial score (nSPS) is 19.2. The SMILES string of the molecule is CCc1c(CC(F)(F)F)c2c(c3c1N(C)C(CC(F)(F)F)C=C3)CC(=O)N2. The van der Waals surface area contributed by atoms with Crippen LogP contribution in [0.1, 0.15) is 35.6 Å². The molecule has 2 aliphatic heterocycles. The summed E-state index contributed by atoms with van der Waals surface area (Å²) in [6.45, 7) is 1.66. The van der Waals surface area contributed by atoms with Gasteiger partial charge in [0.1, 0.15) is 0 Å². The average molecular weight is 392 g/mol. The lowest BCUT2D eigenvalue weighted by Crippen LogP contribution is -2.37. The van der Waals surface area contributed by atoms with E-state index >= 15 is 0 Å². The van der Waals surface area contributed by atoms with E-state index in [1.807, 2.05) is 0 Å². The molecule has 1 atom stereocenters. The number of rotatable bonds is 3. The monoisotopic (exact) mass is 392 g/mol. The van der Waals surface area contributed by atoms with E-state index in [9.17, 15) is 31.1 Å². The highest BCUT2D eigenvalue weighted by Crippen LogP contribution is 2.46. The molecule has 3 rings (SSSR count). The Bertz CT molecular complexity index is 810. The summed E-state index contributed by atoms with van der Waals surface area (Å²) in [4.78, 5) is 13.2. The summed E-state index contributed by atoms with van der Waals surface area (Å²) in [6, 6.07) is -1.01. The molecule has 1 aromatic carbocycles. The van der Waals surface area contributed by atoms with Gasteiger partial charge in [0.05, 0.1) is 25.3 Å². The van der Waals surface area contributed by atoms with Crippen molar-refractivity contribution >= 4 is 23.4 Å². The van der Waals surface area contributed by atoms with Gasteiger partial charge in [-0.2, -0.15) is 26.3 Å². The first-order valence-corrected chi connectivity index (χ1v) is 8.46. The summed E-state index contributed by atoms with van der Waals surface area (Å²) in [5, 5.41) is 2.51. The van der Waals surface area contributed by atoms with Gasteiger partial charge < -0.3 is 10.2 Å². The van der Waals surface area contributed by atoms with Crippen LogP contribution in [0.2, 0.25) is 0 Å². The van der Waals surface area contributed by atoms with E-state index in [1.54, 1.807) is 6.92 Å². The second-order valence-electron chi connectivity index (χ2n) is 6.80. The fraction of sp³-hybridized carbons (Fsp3) is 0.500. The smallest absolute Gasteiger partial charge is 0.367 e. The van der Waals surface area contributed by atoms with Crippen LogP contribution in [0.4, 0.5) is 37.7 Å². The van der Waals surface area contributed by atoms with E-state index in [1.165, 1.54) is 24.1 Å². The maximum atomic E-state index is 13.2. The molecular weight excluding hydrogens is 374 g/mol. The number of likely N-dealkylation sites (N-methyl/N-ethyl adjacent to an activating group) is 1. The minimum absolute atomic E-state index is 0.0579. The van der Waals surface area contributed by atoms with Crippen LogP contribution in [0.25, 0.3) is 6.08 Å². The van der Waals surface area contributed by atoms with Gasteiger partial charge in [0.2, 0.25) is 5.91 Å². The van der Waals surface area contributed by atoms with Crippen molar-refractivity contribution in [2.24, 2.45) is 0 Å². The van der Waals surface area contributed by atoms with E-state index in [0.717, 1.165) is 0 Å². The van der Waals surface area contributed by atoms with Crippen LogP contribution in [0.15, 0.2) is 6.08 Å². The van der Waals surface area contributed by atoms with Crippen molar-refractivity contribution in [3.63, 3.8) is 0 Å². The second kappa shape index (κ2) is 6.45. The Hall–Kier alpha value is -2.19. The molecule has 3 nitrogen and oxygen atoms in total. The van der Waals surface area contributed by atoms with Gasteiger partial charge in [-0.15, -0.1) is 0 Å². The van der Waals surface area contributed by atoms with E-state index in [4.69, 9.17) is 0 Å². The fourth-order valence-electron chi connectivity index (χ4n) is 3.90. The number of alkyl halides is 6. The summed E-state index contributed by atoms with van der Waals surface area (Å²) in [6.07, 6.45) is -8.26. The number of halogens is 6. The Kier molecular flexibility index (Phi) is 4.68. The molecule has 0 spiro atoms. The maximum absolute atomic E-state index is 13.2. The number of hydrogen-bond donors (Lipinski definition) is 1. The number of amides is 1. The number of nitrogens with zero attached hydrogens (tertiary/aromatic N) is 1. The summed E-state index contributed by atoms with van der Waals surface area (Å²) >= 11 is 0. The van der Waals surface area contributed by atoms with Crippen LogP contribution in [0, 0.1) is 0 Å². The van der Waals surface area contributed by atoms with Crippen LogP contribution in [-0.4, -0.2) is 31.3 Å². The number of fused-ring (bicyclic) bond motifs is 3. The number of hydrogen-bond acceptors (Lipinski definition) is 2. The highest BCUT2D eigenvalue weighted by atomic mass is 19.4. The van der Waals surface area contributed by atoms with Crippen LogP contribution in [0.3, 0.4) is 0 Å². The number of benzene rings is 1. The summed E-state index contributed by atoms with van der Waals surface area (Å²) in [5.74, 6) is -0.419. The minimum Gasteiger partial charge on any atom is -0.367 e. The van der Waals surface area contributed by atoms with Gasteiger partial charge in [-0.05, 0) is 23.1 Å². The van der Waals surface area contributed by atoms with Gasteiger partial charge >= 0.3 is 12.4 Å². The van der Waals surface area contributed by atoms with E-state index in [-0.39, 0.29) is 24.1 Å². The zero-order chi connectivity index (χ0) is 20.1. The molecule has 0 saturated heterocycles. The van der Waals surface area contributed by atoms with Gasteiger partial charge in [0.25, 0.3) is 0 Å². The van der Waals surface area contributed by atoms with Crippen molar-refractivity contribution in [2.75, 3.05) is 17.3 Å². The molecule has 0 fully saturated rings. The van der Waals surface area contributed by atoms with Crippen molar-refractivity contribution in [2.45, 2.75) is 51.0 Å². The number of carbonyl (C=O) groups excluding carboxylic acids is 1. The molecule has 2 heterocycles. The van der Waals surface area contributed by atoms with E-state index in [0.29, 0.717) is 22.4 Å². The molecule has 9 heteroatoms. The van der Waals surface area contributed by atoms with Gasteiger partial charge in [-0.25, -0.2) is 0 Å². The van der Waals surface area contributed by atoms with Gasteiger partial charge in [-0.3, -0.25) is 4.79 Å². The standard InChI is InChI=1S/C18H18F6N2O/c1-3-10-13(8-18(22,23)24)15-12(6-14(27)25-15)11-5-4-9(7-17(19,20)21)26(2)16(10)11/h4-5,9H,3,6-8H2,1-2H3,(H,25,27). The predicted molar refractivity (Wildman–Crippen MR) is 89.8 cm³/mol. The largest absolute Gasteiger partial charge is 0.393 e.